The number of hydrogen-bond acceptors (Lipinski definition) is 4. The highest BCUT2D eigenvalue weighted by Gasteiger charge is 2.32. The van der Waals surface area contributed by atoms with E-state index in [1.807, 2.05) is 18.2 Å². The van der Waals surface area contributed by atoms with Gasteiger partial charge in [-0.05, 0) is 39.0 Å². The van der Waals surface area contributed by atoms with E-state index in [9.17, 15) is 9.59 Å². The Morgan fingerprint density at radius 3 is 2.43 bits per heavy atom. The van der Waals surface area contributed by atoms with Gasteiger partial charge in [0.1, 0.15) is 11.4 Å². The summed E-state index contributed by atoms with van der Waals surface area (Å²) in [4.78, 5) is 27.2. The van der Waals surface area contributed by atoms with Crippen LogP contribution in [-0.2, 0) is 4.79 Å². The number of likely N-dealkylation sites (N-methyl/N-ethyl adjacent to an activating group) is 1. The molecule has 0 bridgehead atoms. The molecule has 1 aliphatic heterocycles. The number of carbonyl (C=O) groups excluding carboxylic acids is 2. The normalized spacial score (nSPS) is 16.0. The van der Waals surface area contributed by atoms with Crippen LogP contribution in [0.2, 0.25) is 0 Å². The van der Waals surface area contributed by atoms with E-state index < -0.39 is 0 Å². The third-order valence-corrected chi connectivity index (χ3v) is 3.92. The number of rotatable bonds is 6. The van der Waals surface area contributed by atoms with E-state index in [0.717, 1.165) is 24.3 Å². The minimum atomic E-state index is -0.387. The van der Waals surface area contributed by atoms with Crippen LogP contribution in [0, 0.1) is 0 Å². The second-order valence-corrected chi connectivity index (χ2v) is 5.14. The standard InChI is InChI=1S/C17H23N3O3/c1-5-19(6-2)13-9-8-12(15(11-13)23-4)10-14-16(21)20(7-3)17(22)18-14/h8-11H,5-7H2,1-4H3,(H,18,22)/b14-10-. The maximum absolute atomic E-state index is 12.1. The van der Waals surface area contributed by atoms with Crippen molar-refractivity contribution in [3.8, 4) is 5.75 Å². The molecule has 1 aromatic carbocycles. The van der Waals surface area contributed by atoms with Crippen LogP contribution < -0.4 is 15.0 Å². The fraction of sp³-hybridized carbons (Fsp3) is 0.412. The predicted octanol–water partition coefficient (Wildman–Crippen LogP) is 2.45. The van der Waals surface area contributed by atoms with Crippen molar-refractivity contribution >= 4 is 23.7 Å². The number of ether oxygens (including phenoxy) is 1. The Morgan fingerprint density at radius 2 is 1.91 bits per heavy atom. The van der Waals surface area contributed by atoms with Gasteiger partial charge in [-0.15, -0.1) is 0 Å². The van der Waals surface area contributed by atoms with Gasteiger partial charge in [0.25, 0.3) is 5.91 Å². The minimum Gasteiger partial charge on any atom is -0.496 e. The lowest BCUT2D eigenvalue weighted by Crippen LogP contribution is -2.30. The Labute approximate surface area is 136 Å². The van der Waals surface area contributed by atoms with Gasteiger partial charge in [-0.1, -0.05) is 0 Å². The summed E-state index contributed by atoms with van der Waals surface area (Å²) in [7, 11) is 1.59. The molecule has 0 unspecified atom stereocenters. The number of anilines is 1. The molecule has 0 atom stereocenters. The highest BCUT2D eigenvalue weighted by molar-refractivity contribution is 6.14. The first kappa shape index (κ1) is 16.9. The number of methoxy groups -OCH3 is 1. The van der Waals surface area contributed by atoms with Crippen LogP contribution >= 0.6 is 0 Å². The summed E-state index contributed by atoms with van der Waals surface area (Å²) in [6.07, 6.45) is 1.65. The number of carbonyl (C=O) groups is 2. The van der Waals surface area contributed by atoms with Gasteiger partial charge in [-0.2, -0.15) is 0 Å². The van der Waals surface area contributed by atoms with E-state index in [1.165, 1.54) is 4.90 Å². The zero-order valence-corrected chi connectivity index (χ0v) is 14.0. The Bertz CT molecular complexity index is 636. The average molecular weight is 317 g/mol. The van der Waals surface area contributed by atoms with Crippen molar-refractivity contribution in [1.82, 2.24) is 10.2 Å². The molecular formula is C17H23N3O3. The predicted molar refractivity (Wildman–Crippen MR) is 90.5 cm³/mol. The van der Waals surface area contributed by atoms with Crippen molar-refractivity contribution in [3.63, 3.8) is 0 Å². The molecule has 1 heterocycles. The highest BCUT2D eigenvalue weighted by Crippen LogP contribution is 2.28. The Balaban J connectivity index is 2.35. The van der Waals surface area contributed by atoms with Crippen molar-refractivity contribution in [2.75, 3.05) is 31.6 Å². The summed E-state index contributed by atoms with van der Waals surface area (Å²) in [5.74, 6) is 0.353. The van der Waals surface area contributed by atoms with Crippen LogP contribution in [0.15, 0.2) is 23.9 Å². The summed E-state index contributed by atoms with van der Waals surface area (Å²) in [5, 5.41) is 2.60. The molecule has 124 valence electrons. The Hall–Kier alpha value is -2.50. The highest BCUT2D eigenvalue weighted by atomic mass is 16.5. The minimum absolute atomic E-state index is 0.269. The third-order valence-electron chi connectivity index (χ3n) is 3.92. The molecule has 23 heavy (non-hydrogen) atoms. The van der Waals surface area contributed by atoms with Crippen molar-refractivity contribution < 1.29 is 14.3 Å². The maximum Gasteiger partial charge on any atom is 0.328 e. The summed E-state index contributed by atoms with van der Waals surface area (Å²) in [6.45, 7) is 8.11. The number of benzene rings is 1. The van der Waals surface area contributed by atoms with Gasteiger partial charge in [0.05, 0.1) is 7.11 Å². The molecule has 0 radical (unpaired) electrons. The second kappa shape index (κ2) is 7.17. The van der Waals surface area contributed by atoms with Crippen molar-refractivity contribution in [3.05, 3.63) is 29.5 Å². The van der Waals surface area contributed by atoms with Gasteiger partial charge in [0.2, 0.25) is 0 Å². The first-order valence-corrected chi connectivity index (χ1v) is 7.83. The topological polar surface area (TPSA) is 61.9 Å². The lowest BCUT2D eigenvalue weighted by molar-refractivity contribution is -0.122. The molecule has 6 heteroatoms. The zero-order chi connectivity index (χ0) is 17.0. The van der Waals surface area contributed by atoms with E-state index >= 15 is 0 Å². The van der Waals surface area contributed by atoms with Gasteiger partial charge in [-0.25, -0.2) is 4.79 Å². The van der Waals surface area contributed by atoms with Crippen LogP contribution in [0.3, 0.4) is 0 Å². The van der Waals surface area contributed by atoms with Crippen LogP contribution in [0.25, 0.3) is 6.08 Å². The van der Waals surface area contributed by atoms with Crippen LogP contribution in [0.4, 0.5) is 10.5 Å². The second-order valence-electron chi connectivity index (χ2n) is 5.14. The van der Waals surface area contributed by atoms with E-state index in [2.05, 4.69) is 24.1 Å². The summed E-state index contributed by atoms with van der Waals surface area (Å²) >= 11 is 0. The molecule has 0 aliphatic carbocycles. The number of nitrogens with zero attached hydrogens (tertiary/aromatic N) is 2. The number of imide groups is 1. The van der Waals surface area contributed by atoms with Crippen LogP contribution in [0.5, 0.6) is 5.75 Å². The molecule has 1 fully saturated rings. The molecule has 6 nitrogen and oxygen atoms in total. The largest absolute Gasteiger partial charge is 0.496 e. The SMILES string of the molecule is CCN1C(=O)N/C(=C\c2ccc(N(CC)CC)cc2OC)C1=O. The van der Waals surface area contributed by atoms with Crippen molar-refractivity contribution in [1.29, 1.82) is 0 Å². The number of amides is 3. The van der Waals surface area contributed by atoms with E-state index in [4.69, 9.17) is 4.74 Å². The van der Waals surface area contributed by atoms with Gasteiger partial charge in [-0.3, -0.25) is 9.69 Å². The molecular weight excluding hydrogens is 294 g/mol. The average Bonchev–Trinajstić information content (AvgIpc) is 2.83. The van der Waals surface area contributed by atoms with E-state index in [-0.39, 0.29) is 17.6 Å². The van der Waals surface area contributed by atoms with E-state index in [0.29, 0.717) is 12.3 Å². The lowest BCUT2D eigenvalue weighted by Gasteiger charge is -2.22. The summed E-state index contributed by atoms with van der Waals surface area (Å²) < 4.78 is 5.44. The van der Waals surface area contributed by atoms with Gasteiger partial charge < -0.3 is 15.0 Å². The zero-order valence-electron chi connectivity index (χ0n) is 14.0. The van der Waals surface area contributed by atoms with E-state index in [1.54, 1.807) is 20.1 Å². The Kier molecular flexibility index (Phi) is 5.26. The third kappa shape index (κ3) is 3.31. The number of hydrogen-bond donors (Lipinski definition) is 1. The molecule has 3 amide bonds. The number of urea groups is 1. The van der Waals surface area contributed by atoms with Crippen molar-refractivity contribution in [2.45, 2.75) is 20.8 Å². The lowest BCUT2D eigenvalue weighted by atomic mass is 10.1. The summed E-state index contributed by atoms with van der Waals surface area (Å²) in [6, 6.07) is 5.44. The van der Waals surface area contributed by atoms with Gasteiger partial charge in [0.15, 0.2) is 0 Å². The quantitative estimate of drug-likeness (QED) is 0.647. The Morgan fingerprint density at radius 1 is 1.22 bits per heavy atom. The molecule has 1 N–H and O–H groups in total. The first-order valence-electron chi connectivity index (χ1n) is 7.83. The molecule has 0 spiro atoms. The summed E-state index contributed by atoms with van der Waals surface area (Å²) in [5.41, 5.74) is 2.08. The molecule has 1 aliphatic rings. The van der Waals surface area contributed by atoms with Crippen LogP contribution in [-0.4, -0.2) is 43.6 Å². The smallest absolute Gasteiger partial charge is 0.328 e. The molecule has 1 saturated heterocycles. The number of nitrogens with one attached hydrogen (secondary N) is 1. The fourth-order valence-corrected chi connectivity index (χ4v) is 2.62. The fourth-order valence-electron chi connectivity index (χ4n) is 2.62. The maximum atomic E-state index is 12.1. The molecule has 0 aromatic heterocycles. The van der Waals surface area contributed by atoms with Gasteiger partial charge in [0, 0.05) is 37.0 Å². The van der Waals surface area contributed by atoms with Crippen LogP contribution in [0.1, 0.15) is 26.3 Å². The molecule has 0 saturated carbocycles. The van der Waals surface area contributed by atoms with Gasteiger partial charge >= 0.3 is 6.03 Å². The molecule has 2 rings (SSSR count). The molecule has 1 aromatic rings. The van der Waals surface area contributed by atoms with Crippen molar-refractivity contribution in [2.24, 2.45) is 0 Å². The first-order chi connectivity index (χ1) is 11.0. The monoisotopic (exact) mass is 317 g/mol.